The van der Waals surface area contributed by atoms with Crippen LogP contribution in [0, 0.1) is 11.6 Å². The van der Waals surface area contributed by atoms with Gasteiger partial charge in [-0.3, -0.25) is 0 Å². The van der Waals surface area contributed by atoms with Gasteiger partial charge in [0.25, 0.3) is 0 Å². The number of benzene rings is 3. The molecule has 0 aliphatic carbocycles. The fourth-order valence-corrected chi connectivity index (χ4v) is 3.29. The van der Waals surface area contributed by atoms with Gasteiger partial charge >= 0.3 is 0 Å². The number of hydrogen-bond donors (Lipinski definition) is 0. The van der Waals surface area contributed by atoms with Gasteiger partial charge in [0.15, 0.2) is 0 Å². The van der Waals surface area contributed by atoms with Crippen molar-refractivity contribution in [1.82, 2.24) is 9.78 Å². The Morgan fingerprint density at radius 2 is 1.30 bits per heavy atom. The summed E-state index contributed by atoms with van der Waals surface area (Å²) in [7, 11) is 0. The molecule has 0 saturated carbocycles. The molecule has 0 aliphatic rings. The second kappa shape index (κ2) is 7.14. The maximum atomic E-state index is 13.3. The highest BCUT2D eigenvalue weighted by Crippen LogP contribution is 2.32. The molecule has 4 aromatic rings. The smallest absolute Gasteiger partial charge is 0.123 e. The second-order valence-corrected chi connectivity index (χ2v) is 6.78. The van der Waals surface area contributed by atoms with Crippen LogP contribution in [0.1, 0.15) is 0 Å². The van der Waals surface area contributed by atoms with Crippen molar-refractivity contribution >= 4 is 23.2 Å². The first kappa shape index (κ1) is 17.7. The van der Waals surface area contributed by atoms with Gasteiger partial charge in [0.2, 0.25) is 0 Å². The first-order chi connectivity index (χ1) is 13.0. The third-order valence-electron chi connectivity index (χ3n) is 4.13. The van der Waals surface area contributed by atoms with E-state index in [9.17, 15) is 8.78 Å². The number of nitrogens with zero attached hydrogens (tertiary/aromatic N) is 2. The Hall–Kier alpha value is -2.69. The predicted octanol–water partition coefficient (Wildman–Crippen LogP) is 6.79. The number of aromatic nitrogens is 2. The van der Waals surface area contributed by atoms with Crippen LogP contribution in [-0.4, -0.2) is 9.78 Å². The van der Waals surface area contributed by atoms with E-state index in [0.717, 1.165) is 16.8 Å². The van der Waals surface area contributed by atoms with Crippen molar-refractivity contribution in [2.75, 3.05) is 0 Å². The van der Waals surface area contributed by atoms with E-state index in [4.69, 9.17) is 23.2 Å². The third kappa shape index (κ3) is 3.59. The van der Waals surface area contributed by atoms with Crippen LogP contribution in [0.5, 0.6) is 0 Å². The maximum Gasteiger partial charge on any atom is 0.123 e. The topological polar surface area (TPSA) is 17.8 Å². The lowest BCUT2D eigenvalue weighted by atomic mass is 10.1. The van der Waals surface area contributed by atoms with Gasteiger partial charge in [0.05, 0.1) is 22.1 Å². The van der Waals surface area contributed by atoms with Crippen LogP contribution < -0.4 is 0 Å². The van der Waals surface area contributed by atoms with Gasteiger partial charge in [0, 0.05) is 16.1 Å². The average molecular weight is 401 g/mol. The number of hydrogen-bond acceptors (Lipinski definition) is 1. The van der Waals surface area contributed by atoms with Gasteiger partial charge in [-0.05, 0) is 72.8 Å². The first-order valence-electron chi connectivity index (χ1n) is 8.08. The zero-order valence-electron chi connectivity index (χ0n) is 13.8. The van der Waals surface area contributed by atoms with Crippen molar-refractivity contribution in [3.05, 3.63) is 94.5 Å². The monoisotopic (exact) mass is 400 g/mol. The van der Waals surface area contributed by atoms with Gasteiger partial charge in [0.1, 0.15) is 11.6 Å². The van der Waals surface area contributed by atoms with Crippen LogP contribution in [0.2, 0.25) is 10.0 Å². The van der Waals surface area contributed by atoms with E-state index in [1.54, 1.807) is 47.1 Å². The molecule has 0 aliphatic heterocycles. The zero-order valence-corrected chi connectivity index (χ0v) is 15.3. The summed E-state index contributed by atoms with van der Waals surface area (Å²) in [5.41, 5.74) is 3.51. The minimum atomic E-state index is -0.326. The summed E-state index contributed by atoms with van der Waals surface area (Å²) in [5.74, 6) is -0.647. The quantitative estimate of drug-likeness (QED) is 0.370. The summed E-state index contributed by atoms with van der Waals surface area (Å²) >= 11 is 12.4. The Labute approximate surface area is 164 Å². The van der Waals surface area contributed by atoms with E-state index >= 15 is 0 Å². The third-order valence-corrected chi connectivity index (χ3v) is 4.67. The minimum Gasteiger partial charge on any atom is -0.231 e. The van der Waals surface area contributed by atoms with E-state index in [2.05, 4.69) is 5.10 Å². The molecule has 6 heteroatoms. The molecule has 4 rings (SSSR count). The summed E-state index contributed by atoms with van der Waals surface area (Å²) in [4.78, 5) is 0. The Morgan fingerprint density at radius 1 is 0.704 bits per heavy atom. The van der Waals surface area contributed by atoms with E-state index in [1.807, 2.05) is 6.07 Å². The Balaban J connectivity index is 1.92. The molecule has 0 atom stereocenters. The highest BCUT2D eigenvalue weighted by atomic mass is 35.5. The lowest BCUT2D eigenvalue weighted by Crippen LogP contribution is -2.00. The van der Waals surface area contributed by atoms with Crippen molar-refractivity contribution in [2.24, 2.45) is 0 Å². The molecule has 1 heterocycles. The van der Waals surface area contributed by atoms with Gasteiger partial charge in [-0.2, -0.15) is 5.10 Å². The minimum absolute atomic E-state index is 0.322. The molecular formula is C21H12Cl2F2N2. The Morgan fingerprint density at radius 3 is 1.89 bits per heavy atom. The second-order valence-electron chi connectivity index (χ2n) is 5.94. The van der Waals surface area contributed by atoms with Crippen LogP contribution in [0.3, 0.4) is 0 Å². The number of halogens is 4. The van der Waals surface area contributed by atoms with Crippen LogP contribution >= 0.6 is 23.2 Å². The predicted molar refractivity (Wildman–Crippen MR) is 104 cm³/mol. The van der Waals surface area contributed by atoms with E-state index < -0.39 is 0 Å². The first-order valence-corrected chi connectivity index (χ1v) is 8.84. The van der Waals surface area contributed by atoms with Gasteiger partial charge in [-0.25, -0.2) is 13.5 Å². The lowest BCUT2D eigenvalue weighted by molar-refractivity contribution is 0.627. The van der Waals surface area contributed by atoms with Crippen LogP contribution in [0.25, 0.3) is 28.2 Å². The van der Waals surface area contributed by atoms with E-state index in [-0.39, 0.29) is 11.6 Å². The summed E-state index contributed by atoms with van der Waals surface area (Å²) < 4.78 is 28.3. The summed E-state index contributed by atoms with van der Waals surface area (Å²) in [6.45, 7) is 0. The molecule has 0 bridgehead atoms. The lowest BCUT2D eigenvalue weighted by Gasteiger charge is -2.10. The van der Waals surface area contributed by atoms with Crippen molar-refractivity contribution in [2.45, 2.75) is 0 Å². The van der Waals surface area contributed by atoms with Crippen LogP contribution in [-0.2, 0) is 0 Å². The zero-order chi connectivity index (χ0) is 19.0. The van der Waals surface area contributed by atoms with Crippen molar-refractivity contribution in [3.63, 3.8) is 0 Å². The molecule has 0 N–H and O–H groups in total. The average Bonchev–Trinajstić information content (AvgIpc) is 3.08. The van der Waals surface area contributed by atoms with Crippen LogP contribution in [0.4, 0.5) is 8.78 Å². The largest absolute Gasteiger partial charge is 0.231 e. The summed E-state index contributed by atoms with van der Waals surface area (Å²) in [5, 5.41) is 5.58. The Bertz CT molecular complexity index is 1100. The van der Waals surface area contributed by atoms with E-state index in [0.29, 0.717) is 21.4 Å². The molecule has 0 saturated heterocycles. The standard InChI is InChI=1S/C21H12Cl2F2N2/c22-15-5-10-20(18(23)11-15)27-21(14-3-8-17(25)9-4-14)12-19(26-27)13-1-6-16(24)7-2-13/h1-12H. The molecule has 1 aromatic heterocycles. The van der Waals surface area contributed by atoms with Crippen LogP contribution in [0.15, 0.2) is 72.8 Å². The molecule has 27 heavy (non-hydrogen) atoms. The molecular weight excluding hydrogens is 389 g/mol. The SMILES string of the molecule is Fc1ccc(-c2cc(-c3ccc(F)cc3)n(-c3ccc(Cl)cc3Cl)n2)cc1. The number of rotatable bonds is 3. The normalized spacial score (nSPS) is 11.0. The molecule has 0 amide bonds. The van der Waals surface area contributed by atoms with Crippen molar-refractivity contribution in [3.8, 4) is 28.2 Å². The Kier molecular flexibility index (Phi) is 4.68. The molecule has 0 unspecified atom stereocenters. The summed E-state index contributed by atoms with van der Waals surface area (Å²) in [6.07, 6.45) is 0. The van der Waals surface area contributed by atoms with Gasteiger partial charge in [-0.1, -0.05) is 23.2 Å². The fraction of sp³-hybridized carbons (Fsp3) is 0. The molecule has 134 valence electrons. The molecule has 3 aromatic carbocycles. The maximum absolute atomic E-state index is 13.3. The molecule has 0 spiro atoms. The highest BCUT2D eigenvalue weighted by Gasteiger charge is 2.15. The molecule has 0 radical (unpaired) electrons. The van der Waals surface area contributed by atoms with Crippen molar-refractivity contribution in [1.29, 1.82) is 0 Å². The highest BCUT2D eigenvalue weighted by molar-refractivity contribution is 6.35. The molecule has 2 nitrogen and oxygen atoms in total. The molecule has 0 fully saturated rings. The van der Waals surface area contributed by atoms with Crippen molar-refractivity contribution < 1.29 is 8.78 Å². The van der Waals surface area contributed by atoms with Gasteiger partial charge in [-0.15, -0.1) is 0 Å². The summed E-state index contributed by atoms with van der Waals surface area (Å²) in [6, 6.07) is 19.1. The fourth-order valence-electron chi connectivity index (χ4n) is 2.81. The van der Waals surface area contributed by atoms with Gasteiger partial charge < -0.3 is 0 Å². The van der Waals surface area contributed by atoms with E-state index in [1.165, 1.54) is 24.3 Å².